The third kappa shape index (κ3) is 4.64. The molecule has 0 saturated carbocycles. The van der Waals surface area contributed by atoms with E-state index in [0.29, 0.717) is 5.03 Å². The fraction of sp³-hybridized carbons (Fsp3) is 0.667. The van der Waals surface area contributed by atoms with E-state index in [0.717, 1.165) is 0 Å². The predicted molar refractivity (Wildman–Crippen MR) is 59.2 cm³/mol. The Kier molecular flexibility index (Phi) is 6.05. The van der Waals surface area contributed by atoms with Crippen molar-refractivity contribution in [3.63, 3.8) is 0 Å². The molecule has 1 atom stereocenters. The van der Waals surface area contributed by atoms with Crippen LogP contribution in [0.25, 0.3) is 0 Å². The molecule has 0 amide bonds. The molecule has 0 rings (SSSR count). The predicted octanol–water partition coefficient (Wildman–Crippen LogP) is 4.71. The molecule has 0 aliphatic heterocycles. The summed E-state index contributed by atoms with van der Waals surface area (Å²) < 4.78 is -1.28. The van der Waals surface area contributed by atoms with Gasteiger partial charge >= 0.3 is 0 Å². The second kappa shape index (κ2) is 5.38. The standard InChI is InChI=1S/C6H6Cl6/c1-3(7)2-6(11,12)4(8)5(9)10/h4-5H,1-2H2. The lowest BCUT2D eigenvalue weighted by Crippen LogP contribution is -2.31. The molecule has 0 aromatic carbocycles. The molecule has 72 valence electrons. The van der Waals surface area contributed by atoms with E-state index in [2.05, 4.69) is 6.58 Å². The number of allylic oxidation sites excluding steroid dienone is 1. The van der Waals surface area contributed by atoms with Crippen LogP contribution in [0.1, 0.15) is 6.42 Å². The molecule has 0 heterocycles. The minimum absolute atomic E-state index is 0.141. The topological polar surface area (TPSA) is 0 Å². The Labute approximate surface area is 102 Å². The Hall–Kier alpha value is 1.48. The molecule has 0 radical (unpaired) electrons. The first-order valence-electron chi connectivity index (χ1n) is 2.90. The van der Waals surface area contributed by atoms with Crippen molar-refractivity contribution >= 4 is 69.6 Å². The van der Waals surface area contributed by atoms with Gasteiger partial charge in [0, 0.05) is 11.5 Å². The molecule has 12 heavy (non-hydrogen) atoms. The second-order valence-electron chi connectivity index (χ2n) is 2.19. The normalized spacial score (nSPS) is 14.9. The van der Waals surface area contributed by atoms with Crippen LogP contribution in [0, 0.1) is 0 Å². The molecule has 0 saturated heterocycles. The summed E-state index contributed by atoms with van der Waals surface area (Å²) in [5.74, 6) is 0. The molecule has 0 aromatic heterocycles. The lowest BCUT2D eigenvalue weighted by molar-refractivity contribution is 0.742. The molecule has 0 aromatic rings. The molecule has 0 aliphatic rings. The average molecular weight is 291 g/mol. The highest BCUT2D eigenvalue weighted by Gasteiger charge is 2.37. The molecular formula is C6H6Cl6. The highest BCUT2D eigenvalue weighted by atomic mass is 35.5. The van der Waals surface area contributed by atoms with Crippen molar-refractivity contribution in [2.45, 2.75) is 21.0 Å². The average Bonchev–Trinajstić information content (AvgIpc) is 1.82. The fourth-order valence-corrected chi connectivity index (χ4v) is 2.22. The minimum Gasteiger partial charge on any atom is -0.117 e. The van der Waals surface area contributed by atoms with E-state index in [1.807, 2.05) is 0 Å². The first-order valence-corrected chi connectivity index (χ1v) is 5.35. The SMILES string of the molecule is C=C(Cl)CC(Cl)(Cl)C(Cl)C(Cl)Cl. The molecule has 1 unspecified atom stereocenters. The minimum atomic E-state index is -1.28. The van der Waals surface area contributed by atoms with Crippen LogP contribution in [0.2, 0.25) is 0 Å². The van der Waals surface area contributed by atoms with Gasteiger partial charge in [-0.15, -0.1) is 34.8 Å². The van der Waals surface area contributed by atoms with Gasteiger partial charge in [-0.3, -0.25) is 0 Å². The van der Waals surface area contributed by atoms with Gasteiger partial charge in [0.05, 0.1) is 5.38 Å². The monoisotopic (exact) mass is 288 g/mol. The van der Waals surface area contributed by atoms with Crippen LogP contribution in [0.3, 0.4) is 0 Å². The van der Waals surface area contributed by atoms with E-state index in [-0.39, 0.29) is 6.42 Å². The van der Waals surface area contributed by atoms with Gasteiger partial charge < -0.3 is 0 Å². The van der Waals surface area contributed by atoms with Gasteiger partial charge in [-0.25, -0.2) is 0 Å². The Morgan fingerprint density at radius 1 is 1.25 bits per heavy atom. The second-order valence-corrected chi connectivity index (χ2v) is 5.90. The van der Waals surface area contributed by atoms with Crippen molar-refractivity contribution in [1.29, 1.82) is 0 Å². The zero-order valence-electron chi connectivity index (χ0n) is 5.84. The maximum Gasteiger partial charge on any atom is 0.142 e. The van der Waals surface area contributed by atoms with E-state index < -0.39 is 14.5 Å². The molecule has 0 fully saturated rings. The first-order chi connectivity index (χ1) is 5.27. The number of hydrogen-bond donors (Lipinski definition) is 0. The van der Waals surface area contributed by atoms with Gasteiger partial charge in [0.2, 0.25) is 0 Å². The Morgan fingerprint density at radius 2 is 1.67 bits per heavy atom. The summed E-state index contributed by atoms with van der Waals surface area (Å²) in [6.07, 6.45) is 0.141. The Bertz CT molecular complexity index is 163. The highest BCUT2D eigenvalue weighted by Crippen LogP contribution is 2.40. The van der Waals surface area contributed by atoms with Crippen LogP contribution in [0.5, 0.6) is 0 Å². The highest BCUT2D eigenvalue weighted by molar-refractivity contribution is 6.57. The summed E-state index contributed by atoms with van der Waals surface area (Å²) in [6, 6.07) is 0. The maximum absolute atomic E-state index is 5.80. The van der Waals surface area contributed by atoms with Crippen LogP contribution in [0.4, 0.5) is 0 Å². The first kappa shape index (κ1) is 13.5. The Balaban J connectivity index is 4.28. The van der Waals surface area contributed by atoms with Gasteiger partial charge in [-0.1, -0.05) is 41.4 Å². The quantitative estimate of drug-likeness (QED) is 0.658. The van der Waals surface area contributed by atoms with Crippen LogP contribution in [0.15, 0.2) is 11.6 Å². The van der Waals surface area contributed by atoms with Crippen molar-refractivity contribution in [1.82, 2.24) is 0 Å². The number of rotatable bonds is 4. The zero-order chi connectivity index (χ0) is 9.94. The van der Waals surface area contributed by atoms with Crippen molar-refractivity contribution in [2.75, 3.05) is 0 Å². The number of alkyl halides is 5. The van der Waals surface area contributed by atoms with E-state index in [9.17, 15) is 0 Å². The third-order valence-corrected chi connectivity index (χ3v) is 3.53. The van der Waals surface area contributed by atoms with Crippen molar-refractivity contribution < 1.29 is 0 Å². The van der Waals surface area contributed by atoms with Gasteiger partial charge in [0.1, 0.15) is 9.17 Å². The van der Waals surface area contributed by atoms with E-state index in [1.54, 1.807) is 0 Å². The molecule has 0 bridgehead atoms. The lowest BCUT2D eigenvalue weighted by Gasteiger charge is -2.25. The summed E-state index contributed by atoms with van der Waals surface area (Å²) in [5.41, 5.74) is 0. The van der Waals surface area contributed by atoms with Gasteiger partial charge in [0.25, 0.3) is 0 Å². The largest absolute Gasteiger partial charge is 0.142 e. The third-order valence-electron chi connectivity index (χ3n) is 1.05. The van der Waals surface area contributed by atoms with Crippen LogP contribution < -0.4 is 0 Å². The van der Waals surface area contributed by atoms with Gasteiger partial charge in [-0.2, -0.15) is 0 Å². The van der Waals surface area contributed by atoms with Crippen molar-refractivity contribution in [2.24, 2.45) is 0 Å². The molecule has 0 nitrogen and oxygen atoms in total. The van der Waals surface area contributed by atoms with Gasteiger partial charge in [0.15, 0.2) is 0 Å². The smallest absolute Gasteiger partial charge is 0.117 e. The summed E-state index contributed by atoms with van der Waals surface area (Å²) in [7, 11) is 0. The molecular weight excluding hydrogens is 285 g/mol. The van der Waals surface area contributed by atoms with Crippen molar-refractivity contribution in [3.05, 3.63) is 11.6 Å². The van der Waals surface area contributed by atoms with Crippen LogP contribution in [-0.4, -0.2) is 14.5 Å². The maximum atomic E-state index is 5.80. The van der Waals surface area contributed by atoms with E-state index in [1.165, 1.54) is 0 Å². The van der Waals surface area contributed by atoms with Crippen molar-refractivity contribution in [3.8, 4) is 0 Å². The summed E-state index contributed by atoms with van der Waals surface area (Å²) >= 11 is 33.8. The molecule has 6 heteroatoms. The fourth-order valence-electron chi connectivity index (χ4n) is 0.538. The zero-order valence-corrected chi connectivity index (χ0v) is 10.4. The summed E-state index contributed by atoms with van der Waals surface area (Å²) in [4.78, 5) is -0.849. The van der Waals surface area contributed by atoms with E-state index >= 15 is 0 Å². The molecule has 0 aliphatic carbocycles. The van der Waals surface area contributed by atoms with Crippen LogP contribution in [-0.2, 0) is 0 Å². The van der Waals surface area contributed by atoms with Gasteiger partial charge in [-0.05, 0) is 0 Å². The lowest BCUT2D eigenvalue weighted by atomic mass is 10.2. The Morgan fingerprint density at radius 3 is 1.92 bits per heavy atom. The van der Waals surface area contributed by atoms with Crippen LogP contribution >= 0.6 is 69.6 Å². The molecule has 0 N–H and O–H groups in total. The number of hydrogen-bond acceptors (Lipinski definition) is 0. The summed E-state index contributed by atoms with van der Waals surface area (Å²) in [6.45, 7) is 3.43. The molecule has 0 spiro atoms. The van der Waals surface area contributed by atoms with E-state index in [4.69, 9.17) is 69.6 Å². The summed E-state index contributed by atoms with van der Waals surface area (Å²) in [5, 5.41) is -0.487. The number of halogens is 6.